The van der Waals surface area contributed by atoms with E-state index in [4.69, 9.17) is 9.47 Å². The molecule has 0 fully saturated rings. The molecular weight excluding hydrogens is 405 g/mol. The summed E-state index contributed by atoms with van der Waals surface area (Å²) in [5.74, 6) is 2.13. The van der Waals surface area contributed by atoms with Gasteiger partial charge in [-0.1, -0.05) is 30.3 Å². The molecule has 0 aliphatic rings. The number of ether oxygens (including phenoxy) is 2. The first-order valence-corrected chi connectivity index (χ1v) is 9.39. The van der Waals surface area contributed by atoms with Gasteiger partial charge in [-0.15, -0.1) is 5.10 Å². The number of aromatic amines is 1. The number of aromatic nitrogens is 6. The normalized spacial score (nSPS) is 10.3. The molecule has 9 nitrogen and oxygen atoms in total. The molecule has 0 bridgehead atoms. The molecule has 2 aromatic heterocycles. The maximum atomic E-state index is 5.29. The first-order valence-electron chi connectivity index (χ1n) is 9.39. The Hall–Kier alpha value is -3.01. The Labute approximate surface area is 201 Å². The SMILES string of the molecule is COc1ccc(CCNc2cc(-c3cccc(-c4nnn[nH]4)c3)nc(OC)n2)cc1.[NaH]. The van der Waals surface area contributed by atoms with E-state index < -0.39 is 0 Å². The Morgan fingerprint density at radius 1 is 0.935 bits per heavy atom. The summed E-state index contributed by atoms with van der Waals surface area (Å²) in [5, 5.41) is 17.3. The molecule has 2 aromatic carbocycles. The first kappa shape index (κ1) is 22.7. The van der Waals surface area contributed by atoms with Gasteiger partial charge in [-0.25, -0.2) is 5.10 Å². The Morgan fingerprint density at radius 2 is 1.74 bits per heavy atom. The van der Waals surface area contributed by atoms with Gasteiger partial charge in [0.2, 0.25) is 0 Å². The van der Waals surface area contributed by atoms with E-state index in [2.05, 4.69) is 48.0 Å². The van der Waals surface area contributed by atoms with Crippen LogP contribution in [0.2, 0.25) is 0 Å². The van der Waals surface area contributed by atoms with Crippen LogP contribution in [0.1, 0.15) is 5.56 Å². The summed E-state index contributed by atoms with van der Waals surface area (Å²) in [6, 6.07) is 18.0. The molecule has 0 radical (unpaired) electrons. The van der Waals surface area contributed by atoms with E-state index in [9.17, 15) is 0 Å². The van der Waals surface area contributed by atoms with Gasteiger partial charge in [0.25, 0.3) is 0 Å². The first-order chi connectivity index (χ1) is 14.7. The average molecular weight is 427 g/mol. The number of tetrazole rings is 1. The molecule has 0 aliphatic carbocycles. The predicted octanol–water partition coefficient (Wildman–Crippen LogP) is 2.35. The molecule has 31 heavy (non-hydrogen) atoms. The van der Waals surface area contributed by atoms with Gasteiger partial charge in [-0.05, 0) is 40.6 Å². The van der Waals surface area contributed by atoms with E-state index in [1.807, 2.05) is 42.5 Å². The topological polar surface area (TPSA) is 111 Å². The zero-order valence-corrected chi connectivity index (χ0v) is 16.7. The van der Waals surface area contributed by atoms with Crippen LogP contribution in [-0.2, 0) is 6.42 Å². The van der Waals surface area contributed by atoms with Crippen molar-refractivity contribution in [3.05, 3.63) is 60.2 Å². The Kier molecular flexibility index (Phi) is 7.94. The van der Waals surface area contributed by atoms with Crippen molar-refractivity contribution in [1.29, 1.82) is 0 Å². The van der Waals surface area contributed by atoms with Crippen molar-refractivity contribution in [3.8, 4) is 34.4 Å². The number of methoxy groups -OCH3 is 2. The van der Waals surface area contributed by atoms with Crippen LogP contribution in [0.5, 0.6) is 11.8 Å². The van der Waals surface area contributed by atoms with Gasteiger partial charge in [0.1, 0.15) is 11.6 Å². The van der Waals surface area contributed by atoms with Gasteiger partial charge in [0, 0.05) is 23.7 Å². The summed E-state index contributed by atoms with van der Waals surface area (Å²) in [6.45, 7) is 0.718. The van der Waals surface area contributed by atoms with Crippen LogP contribution in [-0.4, -0.2) is 80.9 Å². The number of hydrogen-bond donors (Lipinski definition) is 2. The van der Waals surface area contributed by atoms with Crippen LogP contribution in [0.3, 0.4) is 0 Å². The Bertz CT molecular complexity index is 1110. The predicted molar refractivity (Wildman–Crippen MR) is 120 cm³/mol. The number of rotatable bonds is 8. The van der Waals surface area contributed by atoms with Crippen molar-refractivity contribution < 1.29 is 9.47 Å². The molecule has 4 aromatic rings. The van der Waals surface area contributed by atoms with Crippen molar-refractivity contribution in [2.45, 2.75) is 6.42 Å². The van der Waals surface area contributed by atoms with E-state index in [0.717, 1.165) is 35.5 Å². The van der Waals surface area contributed by atoms with Crippen molar-refractivity contribution >= 4 is 35.4 Å². The molecule has 2 N–H and O–H groups in total. The third kappa shape index (κ3) is 5.78. The molecule has 4 rings (SSSR count). The summed E-state index contributed by atoms with van der Waals surface area (Å²) in [7, 11) is 3.21. The molecular formula is C21H22N7NaO2. The van der Waals surface area contributed by atoms with Crippen LogP contribution >= 0.6 is 0 Å². The molecule has 10 heteroatoms. The van der Waals surface area contributed by atoms with Crippen LogP contribution < -0.4 is 14.8 Å². The van der Waals surface area contributed by atoms with Crippen molar-refractivity contribution in [1.82, 2.24) is 30.6 Å². The second-order valence-electron chi connectivity index (χ2n) is 6.48. The fraction of sp³-hybridized carbons (Fsp3) is 0.190. The van der Waals surface area contributed by atoms with Gasteiger partial charge in [0.15, 0.2) is 5.82 Å². The Morgan fingerprint density at radius 3 is 2.45 bits per heavy atom. The molecule has 0 spiro atoms. The second-order valence-corrected chi connectivity index (χ2v) is 6.48. The van der Waals surface area contributed by atoms with E-state index in [-0.39, 0.29) is 29.6 Å². The van der Waals surface area contributed by atoms with E-state index in [0.29, 0.717) is 17.7 Å². The van der Waals surface area contributed by atoms with E-state index >= 15 is 0 Å². The van der Waals surface area contributed by atoms with Gasteiger partial charge >= 0.3 is 35.6 Å². The summed E-state index contributed by atoms with van der Waals surface area (Å²) < 4.78 is 10.5. The van der Waals surface area contributed by atoms with Crippen LogP contribution in [0.4, 0.5) is 5.82 Å². The third-order valence-electron chi connectivity index (χ3n) is 4.54. The van der Waals surface area contributed by atoms with Crippen LogP contribution in [0.15, 0.2) is 54.6 Å². The summed E-state index contributed by atoms with van der Waals surface area (Å²) in [6.07, 6.45) is 0.847. The molecule has 0 unspecified atom stereocenters. The molecule has 154 valence electrons. The van der Waals surface area contributed by atoms with Crippen molar-refractivity contribution in [3.63, 3.8) is 0 Å². The monoisotopic (exact) mass is 427 g/mol. The summed E-state index contributed by atoms with van der Waals surface area (Å²) in [5.41, 5.74) is 3.72. The maximum absolute atomic E-state index is 5.29. The van der Waals surface area contributed by atoms with Gasteiger partial charge < -0.3 is 14.8 Å². The Balaban J connectivity index is 0.00000272. The quantitative estimate of drug-likeness (QED) is 0.412. The average Bonchev–Trinajstić information content (AvgIpc) is 3.34. The number of anilines is 1. The number of H-pyrrole nitrogens is 1. The van der Waals surface area contributed by atoms with Crippen LogP contribution in [0.25, 0.3) is 22.6 Å². The number of nitrogens with one attached hydrogen (secondary N) is 2. The zero-order chi connectivity index (χ0) is 20.8. The molecule has 0 saturated heterocycles. The summed E-state index contributed by atoms with van der Waals surface area (Å²) >= 11 is 0. The summed E-state index contributed by atoms with van der Waals surface area (Å²) in [4.78, 5) is 8.89. The minimum atomic E-state index is 0. The van der Waals surface area contributed by atoms with E-state index in [1.165, 1.54) is 5.56 Å². The number of benzene rings is 2. The zero-order valence-electron chi connectivity index (χ0n) is 16.7. The molecule has 0 saturated carbocycles. The van der Waals surface area contributed by atoms with Gasteiger partial charge in [0.05, 0.1) is 19.9 Å². The van der Waals surface area contributed by atoms with Gasteiger partial charge in [-0.2, -0.15) is 9.97 Å². The third-order valence-corrected chi connectivity index (χ3v) is 4.54. The molecule has 0 atom stereocenters. The molecule has 0 aliphatic heterocycles. The van der Waals surface area contributed by atoms with Crippen molar-refractivity contribution in [2.75, 3.05) is 26.1 Å². The fourth-order valence-electron chi connectivity index (χ4n) is 2.99. The second kappa shape index (κ2) is 10.9. The van der Waals surface area contributed by atoms with Gasteiger partial charge in [-0.3, -0.25) is 0 Å². The number of nitrogens with zero attached hydrogens (tertiary/aromatic N) is 5. The minimum absolute atomic E-state index is 0. The molecule has 0 amide bonds. The standard InChI is InChI=1S/C21H21N7O2.Na.H/c1-29-17-8-6-14(7-9-17)10-11-22-19-13-18(23-21(24-19)30-2)15-4-3-5-16(12-15)20-25-27-28-26-20;;/h3-9,12-13H,10-11H2,1-2H3,(H,22,23,24)(H,25,26,27,28);;. The fourth-order valence-corrected chi connectivity index (χ4v) is 2.99. The van der Waals surface area contributed by atoms with Crippen molar-refractivity contribution in [2.24, 2.45) is 0 Å². The van der Waals surface area contributed by atoms with Crippen LogP contribution in [0, 0.1) is 0 Å². The van der Waals surface area contributed by atoms with E-state index in [1.54, 1.807) is 14.2 Å². The molecule has 2 heterocycles. The number of hydrogen-bond acceptors (Lipinski definition) is 8.